The van der Waals surface area contributed by atoms with Crippen LogP contribution in [0.2, 0.25) is 0 Å². The van der Waals surface area contributed by atoms with Crippen molar-refractivity contribution in [3.63, 3.8) is 0 Å². The topological polar surface area (TPSA) is 101 Å². The maximum absolute atomic E-state index is 13.6. The lowest BCUT2D eigenvalue weighted by atomic mass is 9.93. The molecule has 2 unspecified atom stereocenters. The fourth-order valence-corrected chi connectivity index (χ4v) is 4.42. The number of fused-ring (bicyclic) bond motifs is 1. The van der Waals surface area contributed by atoms with Gasteiger partial charge in [0, 0.05) is 28.9 Å². The summed E-state index contributed by atoms with van der Waals surface area (Å²) in [6.45, 7) is 3.81. The molecule has 2 heterocycles. The first-order valence-electron chi connectivity index (χ1n) is 11.9. The van der Waals surface area contributed by atoms with Gasteiger partial charge in [0.15, 0.2) is 0 Å². The van der Waals surface area contributed by atoms with Gasteiger partial charge in [-0.1, -0.05) is 36.4 Å². The van der Waals surface area contributed by atoms with E-state index in [4.69, 9.17) is 0 Å². The summed E-state index contributed by atoms with van der Waals surface area (Å²) in [6, 6.07) is 25.1. The van der Waals surface area contributed by atoms with Crippen LogP contribution in [0.4, 0.5) is 17.1 Å². The number of nitro benzene ring substituents is 1. The first-order valence-corrected chi connectivity index (χ1v) is 11.9. The van der Waals surface area contributed by atoms with Crippen molar-refractivity contribution in [2.75, 3.05) is 10.3 Å². The molecule has 1 aromatic heterocycles. The van der Waals surface area contributed by atoms with Crippen molar-refractivity contribution in [3.8, 4) is 0 Å². The lowest BCUT2D eigenvalue weighted by molar-refractivity contribution is -0.384. The lowest BCUT2D eigenvalue weighted by Gasteiger charge is -2.23. The molecule has 37 heavy (non-hydrogen) atoms. The largest absolute Gasteiger partial charge is 0.378 e. The van der Waals surface area contributed by atoms with Gasteiger partial charge in [0.1, 0.15) is 5.92 Å². The number of aryl methyl sites for hydroxylation is 1. The Morgan fingerprint density at radius 1 is 1.00 bits per heavy atom. The number of aromatic nitrogens is 1. The van der Waals surface area contributed by atoms with Gasteiger partial charge < -0.3 is 5.32 Å². The number of carbonyl (C=O) groups excluding carboxylic acids is 1. The van der Waals surface area contributed by atoms with Gasteiger partial charge in [-0.05, 0) is 67.9 Å². The Balaban J connectivity index is 1.48. The van der Waals surface area contributed by atoms with Crippen LogP contribution in [-0.2, 0) is 4.79 Å². The number of non-ortho nitro benzene ring substituents is 1. The molecule has 1 N–H and O–H groups in total. The van der Waals surface area contributed by atoms with Gasteiger partial charge in [-0.3, -0.25) is 19.9 Å². The van der Waals surface area contributed by atoms with Crippen molar-refractivity contribution >= 4 is 45.7 Å². The van der Waals surface area contributed by atoms with Crippen LogP contribution >= 0.6 is 0 Å². The third-order valence-corrected chi connectivity index (χ3v) is 6.30. The second kappa shape index (κ2) is 10.0. The molecule has 8 heteroatoms. The summed E-state index contributed by atoms with van der Waals surface area (Å²) in [5.41, 5.74) is 4.90. The Labute approximate surface area is 214 Å². The van der Waals surface area contributed by atoms with E-state index in [1.807, 2.05) is 86.7 Å². The van der Waals surface area contributed by atoms with E-state index in [2.05, 4.69) is 15.4 Å². The van der Waals surface area contributed by atoms with Crippen molar-refractivity contribution in [1.82, 2.24) is 4.98 Å². The van der Waals surface area contributed by atoms with Crippen LogP contribution in [0, 0.1) is 23.0 Å². The third-order valence-electron chi connectivity index (χ3n) is 6.30. The molecule has 0 bridgehead atoms. The standard InChI is InChI=1S/C29H25N5O3/c1-19-8-12-22-18-23(13-17-26(22)30-19)31-27(16-11-21-9-14-25(15-10-21)34(36)37)28-20(2)32-33(29(28)35)24-6-4-3-5-7-24/h3-18,27-28,31H,1-2H3. The fourth-order valence-electron chi connectivity index (χ4n) is 4.42. The Kier molecular flexibility index (Phi) is 6.47. The van der Waals surface area contributed by atoms with Crippen LogP contribution < -0.4 is 10.3 Å². The molecule has 184 valence electrons. The van der Waals surface area contributed by atoms with Crippen LogP contribution in [0.15, 0.2) is 96.1 Å². The summed E-state index contributed by atoms with van der Waals surface area (Å²) < 4.78 is 0. The minimum atomic E-state index is -0.540. The molecule has 0 aliphatic carbocycles. The van der Waals surface area contributed by atoms with E-state index >= 15 is 0 Å². The normalized spacial score (nSPS) is 16.3. The van der Waals surface area contributed by atoms with Crippen molar-refractivity contribution in [1.29, 1.82) is 0 Å². The summed E-state index contributed by atoms with van der Waals surface area (Å²) in [5.74, 6) is -0.672. The molecule has 8 nitrogen and oxygen atoms in total. The highest BCUT2D eigenvalue weighted by atomic mass is 16.6. The first kappa shape index (κ1) is 23.9. The highest BCUT2D eigenvalue weighted by molar-refractivity contribution is 6.15. The van der Waals surface area contributed by atoms with Crippen molar-refractivity contribution in [2.45, 2.75) is 19.9 Å². The maximum atomic E-state index is 13.6. The summed E-state index contributed by atoms with van der Waals surface area (Å²) >= 11 is 0. The number of hydrogen-bond acceptors (Lipinski definition) is 6. The Bertz CT molecular complexity index is 1530. The molecule has 2 atom stereocenters. The van der Waals surface area contributed by atoms with Crippen LogP contribution in [-0.4, -0.2) is 27.6 Å². The highest BCUT2D eigenvalue weighted by Crippen LogP contribution is 2.29. The second-order valence-electron chi connectivity index (χ2n) is 8.94. The molecule has 1 aliphatic heterocycles. The number of carbonyl (C=O) groups is 1. The van der Waals surface area contributed by atoms with Gasteiger partial charge in [-0.25, -0.2) is 5.01 Å². The Morgan fingerprint density at radius 3 is 2.49 bits per heavy atom. The van der Waals surface area contributed by atoms with Gasteiger partial charge in [0.05, 0.1) is 27.9 Å². The molecule has 0 fully saturated rings. The van der Waals surface area contributed by atoms with Crippen LogP contribution in [0.25, 0.3) is 17.0 Å². The van der Waals surface area contributed by atoms with Crippen molar-refractivity contribution < 1.29 is 9.72 Å². The zero-order chi connectivity index (χ0) is 25.9. The van der Waals surface area contributed by atoms with E-state index in [-0.39, 0.29) is 11.6 Å². The molecule has 1 amide bonds. The number of hydrogen-bond donors (Lipinski definition) is 1. The number of anilines is 2. The molecule has 0 saturated heterocycles. The summed E-state index contributed by atoms with van der Waals surface area (Å²) in [6.07, 6.45) is 3.77. The molecule has 0 saturated carbocycles. The Hall–Kier alpha value is -4.85. The van der Waals surface area contributed by atoms with E-state index in [9.17, 15) is 14.9 Å². The average molecular weight is 492 g/mol. The van der Waals surface area contributed by atoms with Crippen LogP contribution in [0.3, 0.4) is 0 Å². The number of amides is 1. The number of para-hydroxylation sites is 1. The van der Waals surface area contributed by atoms with Crippen LogP contribution in [0.5, 0.6) is 0 Å². The number of hydrazone groups is 1. The molecule has 1 aliphatic rings. The molecule has 3 aromatic carbocycles. The van der Waals surface area contributed by atoms with Gasteiger partial charge in [-0.2, -0.15) is 5.10 Å². The zero-order valence-corrected chi connectivity index (χ0v) is 20.4. The smallest absolute Gasteiger partial charge is 0.269 e. The van der Waals surface area contributed by atoms with Gasteiger partial charge in [0.25, 0.3) is 11.6 Å². The molecular weight excluding hydrogens is 466 g/mol. The first-order chi connectivity index (χ1) is 17.9. The van der Waals surface area contributed by atoms with E-state index in [0.717, 1.165) is 27.8 Å². The molecule has 5 rings (SSSR count). The minimum absolute atomic E-state index is 0.0271. The third kappa shape index (κ3) is 5.08. The van der Waals surface area contributed by atoms with Crippen molar-refractivity contribution in [2.24, 2.45) is 11.0 Å². The number of nitrogens with zero attached hydrogens (tertiary/aromatic N) is 4. The predicted molar refractivity (Wildman–Crippen MR) is 147 cm³/mol. The fraction of sp³-hybridized carbons (Fsp3) is 0.138. The highest BCUT2D eigenvalue weighted by Gasteiger charge is 2.39. The van der Waals surface area contributed by atoms with Crippen molar-refractivity contribution in [3.05, 3.63) is 112 Å². The summed E-state index contributed by atoms with van der Waals surface area (Å²) in [5, 5.41) is 21.5. The average Bonchev–Trinajstić information content (AvgIpc) is 3.20. The lowest BCUT2D eigenvalue weighted by Crippen LogP contribution is -2.38. The molecule has 0 spiro atoms. The molecule has 4 aromatic rings. The van der Waals surface area contributed by atoms with E-state index in [0.29, 0.717) is 11.4 Å². The number of pyridine rings is 1. The van der Waals surface area contributed by atoms with Crippen LogP contribution in [0.1, 0.15) is 18.2 Å². The zero-order valence-electron chi connectivity index (χ0n) is 20.4. The number of rotatable bonds is 7. The SMILES string of the molecule is CC1=NN(c2ccccc2)C(=O)C1C(C=Cc1ccc([N+](=O)[O-])cc1)Nc1ccc2nc(C)ccc2c1. The number of nitro groups is 1. The van der Waals surface area contributed by atoms with Gasteiger partial charge in [0.2, 0.25) is 0 Å². The maximum Gasteiger partial charge on any atom is 0.269 e. The van der Waals surface area contributed by atoms with Gasteiger partial charge in [-0.15, -0.1) is 0 Å². The van der Waals surface area contributed by atoms with E-state index in [1.54, 1.807) is 12.1 Å². The summed E-state index contributed by atoms with van der Waals surface area (Å²) in [4.78, 5) is 28.7. The van der Waals surface area contributed by atoms with Gasteiger partial charge >= 0.3 is 0 Å². The Morgan fingerprint density at radius 2 is 1.76 bits per heavy atom. The molecular formula is C29H25N5O3. The monoisotopic (exact) mass is 491 g/mol. The predicted octanol–water partition coefficient (Wildman–Crippen LogP) is 5.98. The number of benzene rings is 3. The second-order valence-corrected chi connectivity index (χ2v) is 8.94. The summed E-state index contributed by atoms with van der Waals surface area (Å²) in [7, 11) is 0. The number of nitrogens with one attached hydrogen (secondary N) is 1. The van der Waals surface area contributed by atoms with E-state index in [1.165, 1.54) is 17.1 Å². The quantitative estimate of drug-likeness (QED) is 0.253. The van der Waals surface area contributed by atoms with E-state index < -0.39 is 16.9 Å². The molecule has 0 radical (unpaired) electrons. The minimum Gasteiger partial charge on any atom is -0.378 e.